The Morgan fingerprint density at radius 3 is 2.79 bits per heavy atom. The van der Waals surface area contributed by atoms with Crippen LogP contribution in [0.2, 0.25) is 0 Å². The molecule has 0 radical (unpaired) electrons. The highest BCUT2D eigenvalue weighted by Gasteiger charge is 2.35. The molecule has 0 saturated heterocycles. The molecule has 2 aliphatic rings. The van der Waals surface area contributed by atoms with Crippen LogP contribution in [-0.2, 0) is 11.2 Å². The van der Waals surface area contributed by atoms with E-state index in [1.807, 2.05) is 56.4 Å². The van der Waals surface area contributed by atoms with Crippen molar-refractivity contribution in [3.05, 3.63) is 54.0 Å². The summed E-state index contributed by atoms with van der Waals surface area (Å²) >= 11 is 0. The highest BCUT2D eigenvalue weighted by Crippen LogP contribution is 2.43. The minimum atomic E-state index is -0.745. The zero-order valence-corrected chi connectivity index (χ0v) is 22.3. The first-order valence-electron chi connectivity index (χ1n) is 13.6. The minimum Gasteiger partial charge on any atom is -0.449 e. The maximum atomic E-state index is 13.5. The molecule has 1 aliphatic heterocycles. The van der Waals surface area contributed by atoms with E-state index in [9.17, 15) is 4.79 Å². The quantitative estimate of drug-likeness (QED) is 0.240. The third kappa shape index (κ3) is 5.04. The maximum Gasteiger partial charge on any atom is 0.246 e. The van der Waals surface area contributed by atoms with Crippen molar-refractivity contribution >= 4 is 22.6 Å². The Balaban J connectivity index is 1.29. The molecule has 10 heteroatoms. The largest absolute Gasteiger partial charge is 0.449 e. The number of imidazole rings is 1. The average molecular weight is 530 g/mol. The molecule has 0 bridgehead atoms. The van der Waals surface area contributed by atoms with Crippen molar-refractivity contribution in [3.63, 3.8) is 0 Å². The van der Waals surface area contributed by atoms with E-state index in [0.717, 1.165) is 53.4 Å². The van der Waals surface area contributed by atoms with Gasteiger partial charge in [-0.05, 0) is 56.3 Å². The normalized spacial score (nSPS) is 20.7. The monoisotopic (exact) mass is 529 g/mol. The van der Waals surface area contributed by atoms with Gasteiger partial charge in [-0.25, -0.2) is 4.98 Å². The summed E-state index contributed by atoms with van der Waals surface area (Å²) < 4.78 is 12.1. The molecule has 6 rings (SSSR count). The molecule has 1 fully saturated rings. The van der Waals surface area contributed by atoms with Gasteiger partial charge in [-0.15, -0.1) is 0 Å². The minimum absolute atomic E-state index is 0.0296. The lowest BCUT2D eigenvalue weighted by atomic mass is 9.81. The number of hydrogen-bond donors (Lipinski definition) is 5. The predicted octanol–water partition coefficient (Wildman–Crippen LogP) is 4.21. The third-order valence-corrected chi connectivity index (χ3v) is 7.87. The number of benzene rings is 2. The highest BCUT2D eigenvalue weighted by atomic mass is 16.7. The third-order valence-electron chi connectivity index (χ3n) is 7.87. The van der Waals surface area contributed by atoms with Crippen molar-refractivity contribution < 1.29 is 14.3 Å². The number of rotatable bonds is 7. The Hall–Kier alpha value is -4.05. The van der Waals surface area contributed by atoms with E-state index in [0.29, 0.717) is 42.0 Å². The van der Waals surface area contributed by atoms with Gasteiger partial charge in [0.1, 0.15) is 5.82 Å². The fourth-order valence-electron chi connectivity index (χ4n) is 5.70. The molecule has 1 atom stereocenters. The van der Waals surface area contributed by atoms with Crippen LogP contribution in [-0.4, -0.2) is 38.4 Å². The Kier molecular flexibility index (Phi) is 6.42. The number of nitrogens with zero attached hydrogens (tertiary/aromatic N) is 2. The average Bonchev–Trinajstić information content (AvgIpc) is 3.65. The number of aromatic nitrogens is 4. The van der Waals surface area contributed by atoms with Gasteiger partial charge in [-0.1, -0.05) is 18.2 Å². The van der Waals surface area contributed by atoms with Crippen molar-refractivity contribution in [2.24, 2.45) is 17.6 Å². The number of nitrogen functional groups attached to an aromatic ring is 1. The number of nitrogens with one attached hydrogen (secondary N) is 3. The maximum absolute atomic E-state index is 13.5. The molecule has 1 saturated carbocycles. The van der Waals surface area contributed by atoms with E-state index >= 15 is 0 Å². The lowest BCUT2D eigenvalue weighted by Gasteiger charge is -2.28. The van der Waals surface area contributed by atoms with Crippen LogP contribution < -0.4 is 26.3 Å². The Labute approximate surface area is 226 Å². The number of aromatic amines is 2. The highest BCUT2D eigenvalue weighted by molar-refractivity contribution is 5.91. The Morgan fingerprint density at radius 1 is 1.18 bits per heavy atom. The van der Waals surface area contributed by atoms with Crippen LogP contribution in [0.25, 0.3) is 22.2 Å². The standard InChI is InChI=1S/C29H35N7O3/c1-29(2)38-24-5-3-4-19(25(24)39-29)13-22(34-28(37)17-8-6-16(14-30)7-9-17)27-32-15-23(33-27)18-10-11-20-21(12-18)35-36-26(20)31/h3-5,10-12,15-17,22H,6-9,13-14,30H2,1-2H3,(H,32,33)(H,34,37)(H3,31,35,36)/t16-,17-,22?. The van der Waals surface area contributed by atoms with Gasteiger partial charge >= 0.3 is 0 Å². The Morgan fingerprint density at radius 2 is 2.00 bits per heavy atom. The van der Waals surface area contributed by atoms with Gasteiger partial charge in [-0.3, -0.25) is 9.89 Å². The lowest BCUT2D eigenvalue weighted by molar-refractivity contribution is -0.127. The van der Waals surface area contributed by atoms with Gasteiger partial charge in [0.05, 0.1) is 17.3 Å². The predicted molar refractivity (Wildman–Crippen MR) is 149 cm³/mol. The summed E-state index contributed by atoms with van der Waals surface area (Å²) in [4.78, 5) is 21.7. The van der Waals surface area contributed by atoms with Crippen molar-refractivity contribution in [3.8, 4) is 22.8 Å². The first-order valence-corrected chi connectivity index (χ1v) is 13.6. The molecular formula is C29H35N7O3. The summed E-state index contributed by atoms with van der Waals surface area (Å²) in [6.45, 7) is 4.45. The Bertz CT molecular complexity index is 1500. The SMILES string of the molecule is CC1(C)Oc2cccc(CC(NC(=O)[C@H]3CC[C@H](CN)CC3)c3nc(-c4ccc5c(N)n[nH]c5c4)c[nH]3)c2O1. The number of H-pyrrole nitrogens is 2. The van der Waals surface area contributed by atoms with Crippen LogP contribution in [0.5, 0.6) is 11.5 Å². The number of hydrogen-bond acceptors (Lipinski definition) is 7. The molecule has 1 unspecified atom stereocenters. The zero-order valence-electron chi connectivity index (χ0n) is 22.3. The number of nitrogens with two attached hydrogens (primary N) is 2. The molecule has 39 heavy (non-hydrogen) atoms. The molecule has 0 spiro atoms. The zero-order chi connectivity index (χ0) is 27.1. The van der Waals surface area contributed by atoms with E-state index in [-0.39, 0.29) is 17.9 Å². The second kappa shape index (κ2) is 9.92. The van der Waals surface area contributed by atoms with Gasteiger partial charge in [0.25, 0.3) is 0 Å². The fraction of sp³-hybridized carbons (Fsp3) is 0.414. The molecule has 1 amide bonds. The molecule has 204 valence electrons. The molecule has 1 aliphatic carbocycles. The van der Waals surface area contributed by atoms with Crippen molar-refractivity contribution in [2.45, 2.75) is 57.8 Å². The fourth-order valence-corrected chi connectivity index (χ4v) is 5.70. The molecule has 2 aromatic carbocycles. The molecular weight excluding hydrogens is 494 g/mol. The topological polar surface area (TPSA) is 157 Å². The molecule has 3 heterocycles. The van der Waals surface area contributed by atoms with E-state index in [4.69, 9.17) is 25.9 Å². The molecule has 4 aromatic rings. The summed E-state index contributed by atoms with van der Waals surface area (Å²) in [6, 6.07) is 11.3. The first-order chi connectivity index (χ1) is 18.8. The van der Waals surface area contributed by atoms with Crippen molar-refractivity contribution in [1.29, 1.82) is 0 Å². The van der Waals surface area contributed by atoms with Gasteiger partial charge < -0.3 is 31.2 Å². The molecule has 7 N–H and O–H groups in total. The van der Waals surface area contributed by atoms with Crippen LogP contribution in [0.4, 0.5) is 5.82 Å². The summed E-state index contributed by atoms with van der Waals surface area (Å²) in [5.74, 6) is 2.33. The molecule has 10 nitrogen and oxygen atoms in total. The number of carbonyl (C=O) groups excluding carboxylic acids is 1. The molecule has 2 aromatic heterocycles. The van der Waals surface area contributed by atoms with Crippen LogP contribution in [0.1, 0.15) is 57.0 Å². The van der Waals surface area contributed by atoms with Crippen LogP contribution in [0.15, 0.2) is 42.6 Å². The number of carbonyl (C=O) groups is 1. The van der Waals surface area contributed by atoms with Gasteiger partial charge in [-0.2, -0.15) is 5.10 Å². The first kappa shape index (κ1) is 25.2. The number of para-hydroxylation sites is 1. The van der Waals surface area contributed by atoms with Crippen LogP contribution in [0, 0.1) is 11.8 Å². The lowest BCUT2D eigenvalue weighted by Crippen LogP contribution is -2.37. The van der Waals surface area contributed by atoms with Crippen LogP contribution >= 0.6 is 0 Å². The number of ether oxygens (including phenoxy) is 2. The second-order valence-corrected chi connectivity index (χ2v) is 11.1. The van der Waals surface area contributed by atoms with E-state index in [2.05, 4.69) is 20.5 Å². The summed E-state index contributed by atoms with van der Waals surface area (Å²) in [5.41, 5.74) is 15.3. The summed E-state index contributed by atoms with van der Waals surface area (Å²) in [6.07, 6.45) is 6.02. The van der Waals surface area contributed by atoms with E-state index in [1.165, 1.54) is 0 Å². The van der Waals surface area contributed by atoms with Crippen molar-refractivity contribution in [2.75, 3.05) is 12.3 Å². The van der Waals surface area contributed by atoms with E-state index < -0.39 is 5.79 Å². The number of amides is 1. The summed E-state index contributed by atoms with van der Waals surface area (Å²) in [7, 11) is 0. The summed E-state index contributed by atoms with van der Waals surface area (Å²) in [5, 5.41) is 11.2. The van der Waals surface area contributed by atoms with Crippen molar-refractivity contribution in [1.82, 2.24) is 25.5 Å². The van der Waals surface area contributed by atoms with Gasteiger partial charge in [0.15, 0.2) is 17.3 Å². The second-order valence-electron chi connectivity index (χ2n) is 11.1. The number of fused-ring (bicyclic) bond motifs is 2. The van der Waals surface area contributed by atoms with Crippen LogP contribution in [0.3, 0.4) is 0 Å². The van der Waals surface area contributed by atoms with Gasteiger partial charge in [0, 0.05) is 48.9 Å². The smallest absolute Gasteiger partial charge is 0.246 e. The number of anilines is 1. The van der Waals surface area contributed by atoms with Gasteiger partial charge in [0.2, 0.25) is 11.7 Å². The van der Waals surface area contributed by atoms with E-state index in [1.54, 1.807) is 0 Å².